The van der Waals surface area contributed by atoms with Gasteiger partial charge in [0.05, 0.1) is 6.61 Å². The lowest BCUT2D eigenvalue weighted by Gasteiger charge is -2.22. The van der Waals surface area contributed by atoms with Crippen LogP contribution in [0.1, 0.15) is 39.0 Å². The van der Waals surface area contributed by atoms with Crippen molar-refractivity contribution in [2.24, 2.45) is 5.73 Å². The zero-order valence-corrected chi connectivity index (χ0v) is 8.14. The summed E-state index contributed by atoms with van der Waals surface area (Å²) in [4.78, 5) is 16.0. The van der Waals surface area contributed by atoms with Crippen molar-refractivity contribution in [3.05, 3.63) is 0 Å². The summed E-state index contributed by atoms with van der Waals surface area (Å²) in [7, 11) is 0. The van der Waals surface area contributed by atoms with Crippen molar-refractivity contribution in [1.82, 2.24) is 5.48 Å². The molecular formula is C9H18N2O2. The van der Waals surface area contributed by atoms with Crippen LogP contribution in [0.2, 0.25) is 0 Å². The SMILES string of the molecule is CCONC(=O)CC1(N)CCCC1. The van der Waals surface area contributed by atoms with Crippen molar-refractivity contribution in [3.8, 4) is 0 Å². The molecule has 1 fully saturated rings. The smallest absolute Gasteiger partial charge is 0.245 e. The average Bonchev–Trinajstić information content (AvgIpc) is 2.48. The van der Waals surface area contributed by atoms with Crippen LogP contribution in [-0.2, 0) is 9.63 Å². The first-order valence-electron chi connectivity index (χ1n) is 4.86. The molecule has 1 aliphatic carbocycles. The Morgan fingerprint density at radius 2 is 2.15 bits per heavy atom. The molecule has 0 aromatic rings. The topological polar surface area (TPSA) is 64.3 Å². The summed E-state index contributed by atoms with van der Waals surface area (Å²) in [5.74, 6) is -0.105. The minimum absolute atomic E-state index is 0.105. The van der Waals surface area contributed by atoms with E-state index in [4.69, 9.17) is 10.6 Å². The third-order valence-corrected chi connectivity index (χ3v) is 2.44. The lowest BCUT2D eigenvalue weighted by Crippen LogP contribution is -2.42. The van der Waals surface area contributed by atoms with Gasteiger partial charge in [-0.15, -0.1) is 0 Å². The van der Waals surface area contributed by atoms with E-state index < -0.39 is 0 Å². The molecule has 1 rings (SSSR count). The number of hydrogen-bond acceptors (Lipinski definition) is 3. The molecule has 0 aromatic carbocycles. The number of amides is 1. The zero-order chi connectivity index (χ0) is 9.73. The van der Waals surface area contributed by atoms with Crippen LogP contribution in [0, 0.1) is 0 Å². The van der Waals surface area contributed by atoms with Gasteiger partial charge >= 0.3 is 0 Å². The molecule has 1 amide bonds. The fourth-order valence-corrected chi connectivity index (χ4v) is 1.76. The maximum Gasteiger partial charge on any atom is 0.245 e. The molecule has 0 aromatic heterocycles. The number of nitrogens with one attached hydrogen (secondary N) is 1. The maximum atomic E-state index is 11.2. The number of carbonyl (C=O) groups is 1. The Labute approximate surface area is 78.8 Å². The second-order valence-electron chi connectivity index (χ2n) is 3.70. The first-order chi connectivity index (χ1) is 6.16. The molecule has 0 radical (unpaired) electrons. The molecule has 0 atom stereocenters. The summed E-state index contributed by atoms with van der Waals surface area (Å²) in [6.07, 6.45) is 4.56. The highest BCUT2D eigenvalue weighted by Gasteiger charge is 2.31. The van der Waals surface area contributed by atoms with Gasteiger partial charge in [0.25, 0.3) is 0 Å². The Morgan fingerprint density at radius 3 is 2.69 bits per heavy atom. The average molecular weight is 186 g/mol. The summed E-state index contributed by atoms with van der Waals surface area (Å²) >= 11 is 0. The third-order valence-electron chi connectivity index (χ3n) is 2.44. The molecule has 1 saturated carbocycles. The molecule has 1 aliphatic rings. The van der Waals surface area contributed by atoms with Crippen LogP contribution in [0.25, 0.3) is 0 Å². The van der Waals surface area contributed by atoms with Gasteiger partial charge in [-0.3, -0.25) is 9.63 Å². The van der Waals surface area contributed by atoms with Gasteiger partial charge in [0.1, 0.15) is 0 Å². The van der Waals surface area contributed by atoms with E-state index in [0.29, 0.717) is 13.0 Å². The van der Waals surface area contributed by atoms with E-state index in [-0.39, 0.29) is 11.4 Å². The lowest BCUT2D eigenvalue weighted by atomic mass is 9.95. The highest BCUT2D eigenvalue weighted by molar-refractivity contribution is 5.76. The van der Waals surface area contributed by atoms with E-state index in [1.54, 1.807) is 0 Å². The predicted octanol–water partition coefficient (Wildman–Crippen LogP) is 0.716. The summed E-state index contributed by atoms with van der Waals surface area (Å²) in [6, 6.07) is 0. The number of hydroxylamine groups is 1. The van der Waals surface area contributed by atoms with Crippen LogP contribution in [0.5, 0.6) is 0 Å². The summed E-state index contributed by atoms with van der Waals surface area (Å²) in [6.45, 7) is 2.32. The van der Waals surface area contributed by atoms with Crippen LogP contribution in [0.3, 0.4) is 0 Å². The Hall–Kier alpha value is -0.610. The van der Waals surface area contributed by atoms with E-state index in [1.807, 2.05) is 6.92 Å². The molecule has 0 unspecified atom stereocenters. The van der Waals surface area contributed by atoms with E-state index in [2.05, 4.69) is 5.48 Å². The highest BCUT2D eigenvalue weighted by Crippen LogP contribution is 2.29. The quantitative estimate of drug-likeness (QED) is 0.636. The van der Waals surface area contributed by atoms with E-state index in [0.717, 1.165) is 25.7 Å². The molecule has 13 heavy (non-hydrogen) atoms. The van der Waals surface area contributed by atoms with Crippen molar-refractivity contribution in [1.29, 1.82) is 0 Å². The number of carbonyl (C=O) groups excluding carboxylic acids is 1. The van der Waals surface area contributed by atoms with Gasteiger partial charge in [0.2, 0.25) is 5.91 Å². The lowest BCUT2D eigenvalue weighted by molar-refractivity contribution is -0.134. The number of rotatable bonds is 4. The van der Waals surface area contributed by atoms with Gasteiger partial charge in [0, 0.05) is 12.0 Å². The standard InChI is InChI=1S/C9H18N2O2/c1-2-13-11-8(12)7-9(10)5-3-4-6-9/h2-7,10H2,1H3,(H,11,12). The Morgan fingerprint density at radius 1 is 1.54 bits per heavy atom. The van der Waals surface area contributed by atoms with E-state index in [9.17, 15) is 4.79 Å². The monoisotopic (exact) mass is 186 g/mol. The molecule has 76 valence electrons. The largest absolute Gasteiger partial charge is 0.325 e. The third kappa shape index (κ3) is 3.32. The maximum absolute atomic E-state index is 11.2. The van der Waals surface area contributed by atoms with Crippen LogP contribution >= 0.6 is 0 Å². The van der Waals surface area contributed by atoms with Gasteiger partial charge in [0.15, 0.2) is 0 Å². The molecule has 4 heteroatoms. The second kappa shape index (κ2) is 4.58. The minimum atomic E-state index is -0.277. The number of hydrogen-bond donors (Lipinski definition) is 2. The molecule has 0 aliphatic heterocycles. The van der Waals surface area contributed by atoms with Crippen LogP contribution in [0.4, 0.5) is 0 Å². The normalized spacial score (nSPS) is 20.2. The molecule has 3 N–H and O–H groups in total. The van der Waals surface area contributed by atoms with Crippen molar-refractivity contribution < 1.29 is 9.63 Å². The van der Waals surface area contributed by atoms with Gasteiger partial charge in [-0.2, -0.15) is 0 Å². The van der Waals surface area contributed by atoms with Crippen molar-refractivity contribution in [2.75, 3.05) is 6.61 Å². The molecule has 4 nitrogen and oxygen atoms in total. The molecule has 0 bridgehead atoms. The van der Waals surface area contributed by atoms with Crippen molar-refractivity contribution in [3.63, 3.8) is 0 Å². The second-order valence-corrected chi connectivity index (χ2v) is 3.70. The molecule has 0 saturated heterocycles. The summed E-state index contributed by atoms with van der Waals surface area (Å²) in [5.41, 5.74) is 8.10. The van der Waals surface area contributed by atoms with Crippen molar-refractivity contribution >= 4 is 5.91 Å². The van der Waals surface area contributed by atoms with Crippen LogP contribution in [-0.4, -0.2) is 18.1 Å². The Kier molecular flexibility index (Phi) is 3.69. The predicted molar refractivity (Wildman–Crippen MR) is 49.8 cm³/mol. The van der Waals surface area contributed by atoms with Gasteiger partial charge in [-0.05, 0) is 19.8 Å². The molecule has 0 spiro atoms. The van der Waals surface area contributed by atoms with Gasteiger partial charge in [-0.1, -0.05) is 12.8 Å². The van der Waals surface area contributed by atoms with Crippen molar-refractivity contribution in [2.45, 2.75) is 44.6 Å². The zero-order valence-electron chi connectivity index (χ0n) is 8.14. The first-order valence-corrected chi connectivity index (χ1v) is 4.86. The number of nitrogens with two attached hydrogens (primary N) is 1. The summed E-state index contributed by atoms with van der Waals surface area (Å²) in [5, 5.41) is 0. The van der Waals surface area contributed by atoms with Gasteiger partial charge < -0.3 is 5.73 Å². The Bertz CT molecular complexity index is 176. The minimum Gasteiger partial charge on any atom is -0.325 e. The first kappa shape index (κ1) is 10.5. The van der Waals surface area contributed by atoms with Gasteiger partial charge in [-0.25, -0.2) is 5.48 Å². The molecular weight excluding hydrogens is 168 g/mol. The fraction of sp³-hybridized carbons (Fsp3) is 0.889. The Balaban J connectivity index is 2.26. The van der Waals surface area contributed by atoms with Crippen LogP contribution < -0.4 is 11.2 Å². The van der Waals surface area contributed by atoms with E-state index >= 15 is 0 Å². The fourth-order valence-electron chi connectivity index (χ4n) is 1.76. The highest BCUT2D eigenvalue weighted by atomic mass is 16.6. The summed E-state index contributed by atoms with van der Waals surface area (Å²) < 4.78 is 0. The van der Waals surface area contributed by atoms with Crippen LogP contribution in [0.15, 0.2) is 0 Å². The van der Waals surface area contributed by atoms with E-state index in [1.165, 1.54) is 0 Å². The molecule has 0 heterocycles.